The van der Waals surface area contributed by atoms with Gasteiger partial charge in [-0.25, -0.2) is 0 Å². The second kappa shape index (κ2) is 9.08. The molecule has 0 spiro atoms. The van der Waals surface area contributed by atoms with Crippen LogP contribution in [0.5, 0.6) is 11.5 Å². The molecule has 2 N–H and O–H groups in total. The minimum absolute atomic E-state index is 0.605. The van der Waals surface area contributed by atoms with Crippen molar-refractivity contribution in [2.45, 2.75) is 26.9 Å². The van der Waals surface area contributed by atoms with Crippen LogP contribution >= 0.6 is 0 Å². The lowest BCUT2D eigenvalue weighted by molar-refractivity contribution is 0.475. The van der Waals surface area contributed by atoms with Gasteiger partial charge < -0.3 is 15.4 Å². The number of hydrogen-bond donors (Lipinski definition) is 2. The fraction of sp³-hybridized carbons (Fsp3) is 0.273. The molecule has 0 aliphatic heterocycles. The Morgan fingerprint density at radius 2 is 1.68 bits per heavy atom. The molecule has 3 rings (SSSR count). The van der Waals surface area contributed by atoms with Crippen LogP contribution in [0.2, 0.25) is 0 Å². The summed E-state index contributed by atoms with van der Waals surface area (Å²) < 4.78 is 7.93. The minimum Gasteiger partial charge on any atom is -0.457 e. The molecule has 0 unspecified atom stereocenters. The zero-order chi connectivity index (χ0) is 19.9. The monoisotopic (exact) mass is 377 g/mol. The van der Waals surface area contributed by atoms with E-state index in [1.165, 1.54) is 5.56 Å². The average molecular weight is 377 g/mol. The minimum atomic E-state index is 0.605. The predicted octanol–water partition coefficient (Wildman–Crippen LogP) is 3.69. The van der Waals surface area contributed by atoms with Crippen LogP contribution in [0.1, 0.15) is 22.5 Å². The first-order valence-electron chi connectivity index (χ1n) is 9.33. The second-order valence-electron chi connectivity index (χ2n) is 6.58. The lowest BCUT2D eigenvalue weighted by Crippen LogP contribution is -2.36. The molecule has 0 radical (unpaired) electrons. The van der Waals surface area contributed by atoms with Gasteiger partial charge in [-0.2, -0.15) is 5.10 Å². The second-order valence-corrected chi connectivity index (χ2v) is 6.58. The molecule has 0 aliphatic carbocycles. The third-order valence-corrected chi connectivity index (χ3v) is 4.71. The maximum Gasteiger partial charge on any atom is 0.191 e. The Morgan fingerprint density at radius 1 is 1.00 bits per heavy atom. The summed E-state index contributed by atoms with van der Waals surface area (Å²) in [5.41, 5.74) is 4.44. The van der Waals surface area contributed by atoms with Crippen LogP contribution in [0.4, 0.5) is 0 Å². The molecule has 0 fully saturated rings. The highest BCUT2D eigenvalue weighted by Crippen LogP contribution is 2.24. The Labute approximate surface area is 166 Å². The number of aliphatic imine (C=N–C) groups is 1. The van der Waals surface area contributed by atoms with E-state index >= 15 is 0 Å². The highest BCUT2D eigenvalue weighted by atomic mass is 16.5. The van der Waals surface area contributed by atoms with E-state index in [2.05, 4.69) is 27.6 Å². The number of aromatic nitrogens is 2. The number of aryl methyl sites for hydroxylation is 2. The van der Waals surface area contributed by atoms with Crippen LogP contribution < -0.4 is 15.4 Å². The van der Waals surface area contributed by atoms with Crippen molar-refractivity contribution >= 4 is 5.96 Å². The summed E-state index contributed by atoms with van der Waals surface area (Å²) in [7, 11) is 3.73. The van der Waals surface area contributed by atoms with Crippen molar-refractivity contribution < 1.29 is 4.74 Å². The van der Waals surface area contributed by atoms with E-state index in [0.29, 0.717) is 13.1 Å². The predicted molar refractivity (Wildman–Crippen MR) is 113 cm³/mol. The first kappa shape index (κ1) is 19.5. The van der Waals surface area contributed by atoms with Gasteiger partial charge in [-0.1, -0.05) is 36.4 Å². The summed E-state index contributed by atoms with van der Waals surface area (Å²) in [6, 6.07) is 17.8. The van der Waals surface area contributed by atoms with Gasteiger partial charge in [-0.15, -0.1) is 0 Å². The zero-order valence-electron chi connectivity index (χ0n) is 16.9. The highest BCUT2D eigenvalue weighted by molar-refractivity contribution is 5.79. The number of ether oxygens (including phenoxy) is 1. The van der Waals surface area contributed by atoms with E-state index < -0.39 is 0 Å². The van der Waals surface area contributed by atoms with Crippen molar-refractivity contribution in [3.05, 3.63) is 77.1 Å². The summed E-state index contributed by atoms with van der Waals surface area (Å²) in [5.74, 6) is 2.38. The number of para-hydroxylation sites is 2. The molecule has 1 aromatic heterocycles. The molecule has 0 bridgehead atoms. The number of nitrogens with zero attached hydrogens (tertiary/aromatic N) is 3. The van der Waals surface area contributed by atoms with Gasteiger partial charge in [-0.3, -0.25) is 9.67 Å². The Bertz CT molecular complexity index is 947. The van der Waals surface area contributed by atoms with E-state index in [-0.39, 0.29) is 0 Å². The molecular weight excluding hydrogens is 350 g/mol. The first-order chi connectivity index (χ1) is 13.6. The van der Waals surface area contributed by atoms with Crippen molar-refractivity contribution in [1.29, 1.82) is 0 Å². The average Bonchev–Trinajstić information content (AvgIpc) is 2.95. The van der Waals surface area contributed by atoms with Crippen molar-refractivity contribution in [2.75, 3.05) is 7.05 Å². The van der Waals surface area contributed by atoms with Crippen molar-refractivity contribution in [3.63, 3.8) is 0 Å². The van der Waals surface area contributed by atoms with E-state index in [0.717, 1.165) is 34.4 Å². The number of benzene rings is 2. The van der Waals surface area contributed by atoms with Gasteiger partial charge in [0, 0.05) is 44.0 Å². The third-order valence-electron chi connectivity index (χ3n) is 4.71. The molecule has 0 saturated carbocycles. The highest BCUT2D eigenvalue weighted by Gasteiger charge is 2.10. The van der Waals surface area contributed by atoms with E-state index in [1.54, 1.807) is 7.05 Å². The van der Waals surface area contributed by atoms with Crippen LogP contribution in [0, 0.1) is 13.8 Å². The molecule has 2 aromatic carbocycles. The molecule has 3 aromatic rings. The summed E-state index contributed by atoms with van der Waals surface area (Å²) >= 11 is 0. The van der Waals surface area contributed by atoms with E-state index in [4.69, 9.17) is 4.74 Å². The van der Waals surface area contributed by atoms with Crippen LogP contribution in [-0.2, 0) is 20.1 Å². The van der Waals surface area contributed by atoms with Crippen molar-refractivity contribution in [3.8, 4) is 11.5 Å². The summed E-state index contributed by atoms with van der Waals surface area (Å²) in [4.78, 5) is 4.32. The molecule has 28 heavy (non-hydrogen) atoms. The molecule has 0 atom stereocenters. The largest absolute Gasteiger partial charge is 0.457 e. The number of nitrogens with one attached hydrogen (secondary N) is 2. The Morgan fingerprint density at radius 3 is 2.36 bits per heavy atom. The molecule has 0 aliphatic rings. The van der Waals surface area contributed by atoms with Gasteiger partial charge >= 0.3 is 0 Å². The molecule has 6 nitrogen and oxygen atoms in total. The Hall–Kier alpha value is -3.28. The molecular formula is C22H27N5O. The lowest BCUT2D eigenvalue weighted by atomic mass is 10.2. The fourth-order valence-electron chi connectivity index (χ4n) is 3.01. The third kappa shape index (κ3) is 4.71. The molecule has 146 valence electrons. The van der Waals surface area contributed by atoms with Gasteiger partial charge in [0.1, 0.15) is 11.5 Å². The Kier molecular flexibility index (Phi) is 6.32. The zero-order valence-corrected chi connectivity index (χ0v) is 16.9. The number of rotatable bonds is 6. The molecule has 1 heterocycles. The van der Waals surface area contributed by atoms with Crippen molar-refractivity contribution in [2.24, 2.45) is 12.0 Å². The van der Waals surface area contributed by atoms with E-state index in [1.807, 2.05) is 73.3 Å². The SMILES string of the molecule is CN=C(NCc1ccccc1Oc1ccccc1)NCc1c(C)nn(C)c1C. The van der Waals surface area contributed by atoms with Gasteiger partial charge in [0.05, 0.1) is 5.69 Å². The summed E-state index contributed by atoms with van der Waals surface area (Å²) in [5, 5.41) is 11.2. The number of hydrogen-bond acceptors (Lipinski definition) is 3. The smallest absolute Gasteiger partial charge is 0.191 e. The molecule has 0 saturated heterocycles. The summed E-state index contributed by atoms with van der Waals surface area (Å²) in [6.07, 6.45) is 0. The van der Waals surface area contributed by atoms with Crippen LogP contribution in [-0.4, -0.2) is 22.8 Å². The van der Waals surface area contributed by atoms with Gasteiger partial charge in [-0.05, 0) is 32.0 Å². The summed E-state index contributed by atoms with van der Waals surface area (Å²) in [6.45, 7) is 5.38. The normalized spacial score (nSPS) is 11.4. The lowest BCUT2D eigenvalue weighted by Gasteiger charge is -2.15. The Balaban J connectivity index is 1.62. The van der Waals surface area contributed by atoms with Gasteiger partial charge in [0.15, 0.2) is 5.96 Å². The van der Waals surface area contributed by atoms with Gasteiger partial charge in [0.2, 0.25) is 0 Å². The molecule has 6 heteroatoms. The topological polar surface area (TPSA) is 63.5 Å². The van der Waals surface area contributed by atoms with Crippen LogP contribution in [0.3, 0.4) is 0 Å². The first-order valence-corrected chi connectivity index (χ1v) is 9.33. The van der Waals surface area contributed by atoms with Gasteiger partial charge in [0.25, 0.3) is 0 Å². The standard InChI is InChI=1S/C22H27N5O/c1-16-20(17(2)27(4)26-16)15-25-22(23-3)24-14-18-10-8-9-13-21(18)28-19-11-6-5-7-12-19/h5-13H,14-15H2,1-4H3,(H2,23,24,25). The van der Waals surface area contributed by atoms with E-state index in [9.17, 15) is 0 Å². The van der Waals surface area contributed by atoms with Crippen LogP contribution in [0.15, 0.2) is 59.6 Å². The maximum absolute atomic E-state index is 6.03. The molecule has 0 amide bonds. The van der Waals surface area contributed by atoms with Crippen molar-refractivity contribution in [1.82, 2.24) is 20.4 Å². The maximum atomic E-state index is 6.03. The quantitative estimate of drug-likeness (QED) is 0.508. The number of guanidine groups is 1. The van der Waals surface area contributed by atoms with Crippen LogP contribution in [0.25, 0.3) is 0 Å². The fourth-order valence-corrected chi connectivity index (χ4v) is 3.01.